The van der Waals surface area contributed by atoms with Gasteiger partial charge in [-0.1, -0.05) is 33.6 Å². The topological polar surface area (TPSA) is 41.1 Å². The minimum atomic E-state index is -0.229. The van der Waals surface area contributed by atoms with E-state index in [0.717, 1.165) is 21.3 Å². The molecule has 0 aliphatic carbocycles. The van der Waals surface area contributed by atoms with Gasteiger partial charge >= 0.3 is 0 Å². The number of nitrogens with one attached hydrogen (secondary N) is 2. The van der Waals surface area contributed by atoms with E-state index < -0.39 is 0 Å². The number of aryl methyl sites for hydroxylation is 3. The maximum absolute atomic E-state index is 12.1. The second kappa shape index (κ2) is 7.03. The fourth-order valence-electron chi connectivity index (χ4n) is 2.30. The van der Waals surface area contributed by atoms with Crippen LogP contribution < -0.4 is 10.6 Å². The smallest absolute Gasteiger partial charge is 0.257 e. The SMILES string of the molecule is Cc1cc(C)c(NC(=S)NC(=O)c2ccc(Br)cc2)c(C)c1. The van der Waals surface area contributed by atoms with Crippen molar-refractivity contribution in [2.45, 2.75) is 20.8 Å². The Bertz CT molecular complexity index is 703. The summed E-state index contributed by atoms with van der Waals surface area (Å²) in [6, 6.07) is 11.3. The van der Waals surface area contributed by atoms with Gasteiger partial charge in [0.05, 0.1) is 0 Å². The van der Waals surface area contributed by atoms with E-state index in [1.807, 2.05) is 26.0 Å². The fourth-order valence-corrected chi connectivity index (χ4v) is 2.76. The van der Waals surface area contributed by atoms with E-state index in [9.17, 15) is 4.79 Å². The first-order chi connectivity index (χ1) is 10.4. The van der Waals surface area contributed by atoms with Gasteiger partial charge in [-0.25, -0.2) is 0 Å². The van der Waals surface area contributed by atoms with E-state index in [4.69, 9.17) is 12.2 Å². The molecule has 1 amide bonds. The summed E-state index contributed by atoms with van der Waals surface area (Å²) in [5.74, 6) is -0.229. The van der Waals surface area contributed by atoms with Gasteiger partial charge in [0.25, 0.3) is 5.91 Å². The molecule has 0 aliphatic rings. The lowest BCUT2D eigenvalue weighted by Crippen LogP contribution is -2.34. The van der Waals surface area contributed by atoms with Crippen molar-refractivity contribution < 1.29 is 4.79 Å². The number of hydrogen-bond donors (Lipinski definition) is 2. The average Bonchev–Trinajstić information content (AvgIpc) is 2.43. The Labute approximate surface area is 144 Å². The van der Waals surface area contributed by atoms with Gasteiger partial charge in [0.1, 0.15) is 0 Å². The van der Waals surface area contributed by atoms with Gasteiger partial charge in [-0.3, -0.25) is 10.1 Å². The minimum absolute atomic E-state index is 0.229. The number of halogens is 1. The molecule has 2 aromatic carbocycles. The quantitative estimate of drug-likeness (QED) is 0.758. The van der Waals surface area contributed by atoms with Gasteiger partial charge < -0.3 is 5.32 Å². The zero-order valence-electron chi connectivity index (χ0n) is 12.7. The van der Waals surface area contributed by atoms with E-state index >= 15 is 0 Å². The van der Waals surface area contributed by atoms with Gasteiger partial charge in [0.2, 0.25) is 0 Å². The van der Waals surface area contributed by atoms with E-state index in [1.54, 1.807) is 12.1 Å². The summed E-state index contributed by atoms with van der Waals surface area (Å²) in [5.41, 5.74) is 4.89. The number of thiocarbonyl (C=S) groups is 1. The molecule has 0 saturated carbocycles. The highest BCUT2D eigenvalue weighted by molar-refractivity contribution is 9.10. The molecule has 0 spiro atoms. The Morgan fingerprint density at radius 3 is 2.14 bits per heavy atom. The Kier molecular flexibility index (Phi) is 5.32. The first-order valence-corrected chi connectivity index (χ1v) is 8.02. The van der Waals surface area contributed by atoms with Crippen molar-refractivity contribution in [1.29, 1.82) is 0 Å². The molecule has 2 rings (SSSR count). The first kappa shape index (κ1) is 16.6. The predicted octanol–water partition coefficient (Wildman–Crippen LogP) is 4.50. The summed E-state index contributed by atoms with van der Waals surface area (Å²) in [5, 5.41) is 6.10. The van der Waals surface area contributed by atoms with Gasteiger partial charge in [-0.15, -0.1) is 0 Å². The number of rotatable bonds is 2. The number of carbonyl (C=O) groups excluding carboxylic acids is 1. The van der Waals surface area contributed by atoms with Crippen LogP contribution in [0.4, 0.5) is 5.69 Å². The van der Waals surface area contributed by atoms with E-state index in [2.05, 4.69) is 45.6 Å². The van der Waals surface area contributed by atoms with Crippen molar-refractivity contribution in [1.82, 2.24) is 5.32 Å². The molecule has 0 unspecified atom stereocenters. The van der Waals surface area contributed by atoms with Crippen LogP contribution in [0.5, 0.6) is 0 Å². The lowest BCUT2D eigenvalue weighted by molar-refractivity contribution is 0.0977. The van der Waals surface area contributed by atoms with Crippen LogP contribution in [0.2, 0.25) is 0 Å². The largest absolute Gasteiger partial charge is 0.332 e. The van der Waals surface area contributed by atoms with Crippen molar-refractivity contribution >= 4 is 44.9 Å². The highest BCUT2D eigenvalue weighted by Gasteiger charge is 2.10. The van der Waals surface area contributed by atoms with Crippen LogP contribution >= 0.6 is 28.1 Å². The van der Waals surface area contributed by atoms with Crippen LogP contribution in [-0.4, -0.2) is 11.0 Å². The van der Waals surface area contributed by atoms with Gasteiger partial charge in [0.15, 0.2) is 5.11 Å². The van der Waals surface area contributed by atoms with Crippen molar-refractivity contribution in [3.8, 4) is 0 Å². The van der Waals surface area contributed by atoms with Gasteiger partial charge in [0, 0.05) is 15.7 Å². The monoisotopic (exact) mass is 376 g/mol. The second-order valence-electron chi connectivity index (χ2n) is 5.19. The lowest BCUT2D eigenvalue weighted by atomic mass is 10.1. The third-order valence-electron chi connectivity index (χ3n) is 3.25. The first-order valence-electron chi connectivity index (χ1n) is 6.82. The van der Waals surface area contributed by atoms with Crippen LogP contribution in [0.3, 0.4) is 0 Å². The summed E-state index contributed by atoms with van der Waals surface area (Å²) >= 11 is 8.58. The number of hydrogen-bond acceptors (Lipinski definition) is 2. The van der Waals surface area contributed by atoms with Crippen LogP contribution in [0, 0.1) is 20.8 Å². The Morgan fingerprint density at radius 1 is 1.05 bits per heavy atom. The van der Waals surface area contributed by atoms with Crippen molar-refractivity contribution in [2.24, 2.45) is 0 Å². The summed E-state index contributed by atoms with van der Waals surface area (Å²) < 4.78 is 0.927. The molecule has 3 nitrogen and oxygen atoms in total. The molecule has 5 heteroatoms. The highest BCUT2D eigenvalue weighted by atomic mass is 79.9. The normalized spacial score (nSPS) is 10.2. The summed E-state index contributed by atoms with van der Waals surface area (Å²) in [6.07, 6.45) is 0. The van der Waals surface area contributed by atoms with Gasteiger partial charge in [-0.2, -0.15) is 0 Å². The summed E-state index contributed by atoms with van der Waals surface area (Å²) in [4.78, 5) is 12.1. The van der Waals surface area contributed by atoms with Crippen LogP contribution in [0.25, 0.3) is 0 Å². The standard InChI is InChI=1S/C17H17BrN2OS/c1-10-8-11(2)15(12(3)9-10)19-17(22)20-16(21)13-4-6-14(18)7-5-13/h4-9H,1-3H3,(H2,19,20,21,22). The molecular weight excluding hydrogens is 360 g/mol. The molecule has 0 saturated heterocycles. The number of amides is 1. The van der Waals surface area contributed by atoms with Crippen LogP contribution in [-0.2, 0) is 0 Å². The molecule has 114 valence electrons. The highest BCUT2D eigenvalue weighted by Crippen LogP contribution is 2.21. The number of carbonyl (C=O) groups is 1. The summed E-state index contributed by atoms with van der Waals surface area (Å²) in [6.45, 7) is 6.08. The molecule has 0 atom stereocenters. The number of anilines is 1. The zero-order chi connectivity index (χ0) is 16.3. The second-order valence-corrected chi connectivity index (χ2v) is 6.51. The lowest BCUT2D eigenvalue weighted by Gasteiger charge is -2.15. The Balaban J connectivity index is 2.07. The van der Waals surface area contributed by atoms with Crippen LogP contribution in [0.15, 0.2) is 40.9 Å². The van der Waals surface area contributed by atoms with Gasteiger partial charge in [-0.05, 0) is 68.4 Å². The maximum Gasteiger partial charge on any atom is 0.257 e. The van der Waals surface area contributed by atoms with E-state index in [1.165, 1.54) is 5.56 Å². The maximum atomic E-state index is 12.1. The van der Waals surface area contributed by atoms with Crippen molar-refractivity contribution in [3.63, 3.8) is 0 Å². The van der Waals surface area contributed by atoms with Crippen molar-refractivity contribution in [2.75, 3.05) is 5.32 Å². The molecule has 2 aromatic rings. The molecule has 0 heterocycles. The minimum Gasteiger partial charge on any atom is -0.332 e. The third kappa shape index (κ3) is 4.15. The van der Waals surface area contributed by atoms with Crippen LogP contribution in [0.1, 0.15) is 27.0 Å². The predicted molar refractivity (Wildman–Crippen MR) is 98.5 cm³/mol. The summed E-state index contributed by atoms with van der Waals surface area (Å²) in [7, 11) is 0. The third-order valence-corrected chi connectivity index (χ3v) is 3.98. The molecule has 0 bridgehead atoms. The number of benzene rings is 2. The Hall–Kier alpha value is -1.72. The Morgan fingerprint density at radius 2 is 1.59 bits per heavy atom. The average molecular weight is 377 g/mol. The molecular formula is C17H17BrN2OS. The zero-order valence-corrected chi connectivity index (χ0v) is 15.1. The van der Waals surface area contributed by atoms with E-state index in [-0.39, 0.29) is 5.91 Å². The molecule has 2 N–H and O–H groups in total. The molecule has 0 fully saturated rings. The fraction of sp³-hybridized carbons (Fsp3) is 0.176. The molecule has 22 heavy (non-hydrogen) atoms. The van der Waals surface area contributed by atoms with E-state index in [0.29, 0.717) is 10.7 Å². The molecule has 0 radical (unpaired) electrons. The molecule has 0 aliphatic heterocycles. The molecule has 0 aromatic heterocycles. The van der Waals surface area contributed by atoms with Crippen molar-refractivity contribution in [3.05, 3.63) is 63.1 Å².